The van der Waals surface area contributed by atoms with E-state index in [4.69, 9.17) is 27.9 Å². The van der Waals surface area contributed by atoms with Crippen LogP contribution in [0.4, 0.5) is 5.69 Å². The average Bonchev–Trinajstić information content (AvgIpc) is 3.01. The van der Waals surface area contributed by atoms with Crippen LogP contribution in [0.3, 0.4) is 0 Å². The summed E-state index contributed by atoms with van der Waals surface area (Å²) in [5.41, 5.74) is 4.28. The van der Waals surface area contributed by atoms with Crippen molar-refractivity contribution < 1.29 is 14.5 Å². The van der Waals surface area contributed by atoms with Crippen LogP contribution >= 0.6 is 23.2 Å². The minimum atomic E-state index is -0.513. The Morgan fingerprint density at radius 3 is 2.47 bits per heavy atom. The number of benzene rings is 2. The van der Waals surface area contributed by atoms with Gasteiger partial charge in [-0.3, -0.25) is 19.6 Å². The fraction of sp³-hybridized carbons (Fsp3) is 0.190. The second kappa shape index (κ2) is 10.3. The van der Waals surface area contributed by atoms with Gasteiger partial charge in [0.25, 0.3) is 5.91 Å². The van der Waals surface area contributed by atoms with Crippen LogP contribution in [-0.4, -0.2) is 26.8 Å². The summed E-state index contributed by atoms with van der Waals surface area (Å²) >= 11 is 12.3. The van der Waals surface area contributed by atoms with E-state index in [0.29, 0.717) is 27.1 Å². The lowest BCUT2D eigenvalue weighted by Crippen LogP contribution is -2.24. The van der Waals surface area contributed by atoms with Crippen LogP contribution < -0.4 is 10.2 Å². The Balaban J connectivity index is 1.53. The van der Waals surface area contributed by atoms with Gasteiger partial charge in [-0.05, 0) is 55.8 Å². The smallest absolute Gasteiger partial charge is 0.312 e. The molecule has 0 aliphatic rings. The molecule has 0 bridgehead atoms. The molecule has 0 fully saturated rings. The summed E-state index contributed by atoms with van der Waals surface area (Å²) in [6.45, 7) is 3.10. The molecule has 9 nitrogen and oxygen atoms in total. The number of carbonyl (C=O) groups is 1. The summed E-state index contributed by atoms with van der Waals surface area (Å²) in [5.74, 6) is 0.159. The first-order chi connectivity index (χ1) is 15.3. The van der Waals surface area contributed by atoms with Gasteiger partial charge < -0.3 is 4.74 Å². The molecule has 0 atom stereocenters. The number of hydrogen-bond acceptors (Lipinski definition) is 6. The molecule has 1 N–H and O–H groups in total. The van der Waals surface area contributed by atoms with Crippen molar-refractivity contribution in [3.05, 3.63) is 85.1 Å². The van der Waals surface area contributed by atoms with E-state index < -0.39 is 10.8 Å². The topological polar surface area (TPSA) is 112 Å². The molecule has 0 saturated carbocycles. The fourth-order valence-electron chi connectivity index (χ4n) is 2.93. The molecule has 0 radical (unpaired) electrons. The van der Waals surface area contributed by atoms with Crippen LogP contribution in [0.15, 0.2) is 47.6 Å². The fourth-order valence-corrected chi connectivity index (χ4v) is 3.44. The number of amides is 1. The van der Waals surface area contributed by atoms with Crippen LogP contribution in [0.5, 0.6) is 5.75 Å². The molecule has 0 saturated heterocycles. The molecular weight excluding hydrogens is 457 g/mol. The lowest BCUT2D eigenvalue weighted by molar-refractivity contribution is -0.386. The highest BCUT2D eigenvalue weighted by Crippen LogP contribution is 2.26. The lowest BCUT2D eigenvalue weighted by atomic mass is 10.2. The van der Waals surface area contributed by atoms with Gasteiger partial charge in [0.05, 0.1) is 11.1 Å². The Morgan fingerprint density at radius 1 is 1.22 bits per heavy atom. The van der Waals surface area contributed by atoms with Crippen molar-refractivity contribution in [3.8, 4) is 5.75 Å². The van der Waals surface area contributed by atoms with Crippen molar-refractivity contribution in [2.24, 2.45) is 5.10 Å². The maximum Gasteiger partial charge on any atom is 0.312 e. The molecule has 166 valence electrons. The van der Waals surface area contributed by atoms with Crippen LogP contribution in [0.1, 0.15) is 22.5 Å². The molecule has 0 unspecified atom stereocenters. The molecule has 0 aliphatic carbocycles. The van der Waals surface area contributed by atoms with Gasteiger partial charge in [-0.1, -0.05) is 29.3 Å². The third-order valence-corrected chi connectivity index (χ3v) is 5.26. The Labute approximate surface area is 193 Å². The number of carbonyl (C=O) groups excluding carboxylic acids is 1. The first kappa shape index (κ1) is 23.2. The predicted octanol–water partition coefficient (Wildman–Crippen LogP) is 4.44. The second-order valence-corrected chi connectivity index (χ2v) is 7.60. The van der Waals surface area contributed by atoms with Crippen molar-refractivity contribution in [1.82, 2.24) is 15.2 Å². The zero-order chi connectivity index (χ0) is 23.3. The molecule has 1 heterocycles. The SMILES string of the molecule is Cc1nn(CC(=O)N/N=C/c2ccc(OCc3c(Cl)cccc3Cl)cc2)c(C)c1[N+](=O)[O-]. The molecule has 3 aromatic rings. The Kier molecular flexibility index (Phi) is 7.45. The maximum atomic E-state index is 12.1. The van der Waals surface area contributed by atoms with Crippen molar-refractivity contribution >= 4 is 41.0 Å². The number of ether oxygens (including phenoxy) is 1. The van der Waals surface area contributed by atoms with E-state index in [2.05, 4.69) is 15.6 Å². The van der Waals surface area contributed by atoms with E-state index in [0.717, 1.165) is 5.56 Å². The van der Waals surface area contributed by atoms with Gasteiger partial charge in [-0.25, -0.2) is 5.43 Å². The van der Waals surface area contributed by atoms with Gasteiger partial charge in [-0.2, -0.15) is 10.2 Å². The van der Waals surface area contributed by atoms with Crippen LogP contribution in [0.25, 0.3) is 0 Å². The van der Waals surface area contributed by atoms with Gasteiger partial charge in [0.2, 0.25) is 0 Å². The summed E-state index contributed by atoms with van der Waals surface area (Å²) in [5, 5.41) is 20.0. The Hall–Kier alpha value is -3.43. The van der Waals surface area contributed by atoms with Gasteiger partial charge in [-0.15, -0.1) is 0 Å². The minimum absolute atomic E-state index is 0.0968. The van der Waals surface area contributed by atoms with E-state index in [1.54, 1.807) is 42.5 Å². The summed E-state index contributed by atoms with van der Waals surface area (Å²) in [6.07, 6.45) is 1.47. The average molecular weight is 476 g/mol. The molecule has 11 heteroatoms. The first-order valence-electron chi connectivity index (χ1n) is 9.42. The largest absolute Gasteiger partial charge is 0.489 e. The third kappa shape index (κ3) is 5.63. The normalized spacial score (nSPS) is 11.0. The molecule has 0 spiro atoms. The summed E-state index contributed by atoms with van der Waals surface area (Å²) in [7, 11) is 0. The number of halogens is 2. The van der Waals surface area contributed by atoms with Gasteiger partial charge in [0.1, 0.15) is 30.3 Å². The van der Waals surface area contributed by atoms with Crippen LogP contribution in [0, 0.1) is 24.0 Å². The number of rotatable bonds is 8. The highest BCUT2D eigenvalue weighted by molar-refractivity contribution is 6.35. The van der Waals surface area contributed by atoms with E-state index in [1.165, 1.54) is 24.7 Å². The number of nitrogens with zero attached hydrogens (tertiary/aromatic N) is 4. The van der Waals surface area contributed by atoms with Crippen molar-refractivity contribution in [2.45, 2.75) is 27.0 Å². The quantitative estimate of drug-likeness (QED) is 0.294. The van der Waals surface area contributed by atoms with Crippen LogP contribution in [0.2, 0.25) is 10.0 Å². The second-order valence-electron chi connectivity index (χ2n) is 6.79. The standard InChI is InChI=1S/C21H19Cl2N5O4/c1-13-21(28(30)31)14(2)27(26-13)11-20(29)25-24-10-15-6-8-16(9-7-15)32-12-17-18(22)4-3-5-19(17)23/h3-10H,11-12H2,1-2H3,(H,25,29)/b24-10+. The Morgan fingerprint density at radius 2 is 1.88 bits per heavy atom. The number of hydrogen-bond donors (Lipinski definition) is 1. The molecule has 1 amide bonds. The number of nitrogens with one attached hydrogen (secondary N) is 1. The molecule has 0 aliphatic heterocycles. The predicted molar refractivity (Wildman–Crippen MR) is 121 cm³/mol. The summed E-state index contributed by atoms with van der Waals surface area (Å²) in [4.78, 5) is 22.6. The molecule has 2 aromatic carbocycles. The van der Waals surface area contributed by atoms with Gasteiger partial charge >= 0.3 is 5.69 Å². The Bertz CT molecular complexity index is 1160. The maximum absolute atomic E-state index is 12.1. The van der Waals surface area contributed by atoms with E-state index in [-0.39, 0.29) is 24.5 Å². The highest BCUT2D eigenvalue weighted by atomic mass is 35.5. The van der Waals surface area contributed by atoms with E-state index >= 15 is 0 Å². The summed E-state index contributed by atoms with van der Waals surface area (Å²) < 4.78 is 6.99. The van der Waals surface area contributed by atoms with Crippen LogP contribution in [-0.2, 0) is 17.9 Å². The molecule has 32 heavy (non-hydrogen) atoms. The third-order valence-electron chi connectivity index (χ3n) is 4.55. The van der Waals surface area contributed by atoms with Crippen molar-refractivity contribution in [3.63, 3.8) is 0 Å². The van der Waals surface area contributed by atoms with Crippen molar-refractivity contribution in [2.75, 3.05) is 0 Å². The monoisotopic (exact) mass is 475 g/mol. The number of nitro groups is 1. The number of hydrazone groups is 1. The van der Waals surface area contributed by atoms with Gasteiger partial charge in [0.15, 0.2) is 0 Å². The lowest BCUT2D eigenvalue weighted by Gasteiger charge is -2.09. The molecule has 3 rings (SSSR count). The zero-order valence-electron chi connectivity index (χ0n) is 17.2. The minimum Gasteiger partial charge on any atom is -0.489 e. The van der Waals surface area contributed by atoms with Crippen molar-refractivity contribution in [1.29, 1.82) is 0 Å². The highest BCUT2D eigenvalue weighted by Gasteiger charge is 2.22. The van der Waals surface area contributed by atoms with E-state index in [1.807, 2.05) is 0 Å². The zero-order valence-corrected chi connectivity index (χ0v) is 18.7. The first-order valence-corrected chi connectivity index (χ1v) is 10.2. The summed E-state index contributed by atoms with van der Waals surface area (Å²) in [6, 6.07) is 12.3. The van der Waals surface area contributed by atoms with E-state index in [9.17, 15) is 14.9 Å². The van der Waals surface area contributed by atoms with Gasteiger partial charge in [0, 0.05) is 15.6 Å². The number of aromatic nitrogens is 2. The number of aryl methyl sites for hydroxylation is 1. The molecule has 1 aromatic heterocycles. The molecular formula is C21H19Cl2N5O4.